The highest BCUT2D eigenvalue weighted by atomic mass is 16.2. The minimum absolute atomic E-state index is 0.173. The van der Waals surface area contributed by atoms with Gasteiger partial charge in [0.2, 0.25) is 5.91 Å². The third-order valence-electron chi connectivity index (χ3n) is 6.94. The summed E-state index contributed by atoms with van der Waals surface area (Å²) in [6.45, 7) is 9.46. The van der Waals surface area contributed by atoms with Gasteiger partial charge in [0.25, 0.3) is 0 Å². The molecule has 2 aromatic rings. The van der Waals surface area contributed by atoms with E-state index >= 15 is 0 Å². The fraction of sp³-hybridized carbons (Fsp3) is 0.500. The number of benzene rings is 1. The highest BCUT2D eigenvalue weighted by Crippen LogP contribution is 2.37. The second-order valence-corrected chi connectivity index (χ2v) is 9.04. The lowest BCUT2D eigenvalue weighted by Gasteiger charge is -2.38. The standard InChI is InChI=1S/C26H32N6O/c1-19-6-11-23-24(19)25(30-18-29-23)31-13-15-32(16-14-31)26(33)22(5-3-4-12-28-2)21-9-7-20(17-27)8-10-21/h7-10,18-19,22H,2-6,11-16H2,1H3/t19-,22-/m1/s1. The van der Waals surface area contributed by atoms with Gasteiger partial charge in [0.1, 0.15) is 12.1 Å². The molecule has 0 bridgehead atoms. The van der Waals surface area contributed by atoms with Gasteiger partial charge in [0.05, 0.1) is 17.6 Å². The molecule has 172 valence electrons. The summed E-state index contributed by atoms with van der Waals surface area (Å²) in [4.78, 5) is 30.9. The summed E-state index contributed by atoms with van der Waals surface area (Å²) in [6, 6.07) is 9.61. The Balaban J connectivity index is 1.45. The van der Waals surface area contributed by atoms with Crippen LogP contribution in [0.5, 0.6) is 0 Å². The van der Waals surface area contributed by atoms with Gasteiger partial charge in [-0.2, -0.15) is 5.26 Å². The molecule has 1 amide bonds. The number of aliphatic imine (C=N–C) groups is 1. The largest absolute Gasteiger partial charge is 0.353 e. The van der Waals surface area contributed by atoms with Gasteiger partial charge in [-0.1, -0.05) is 25.5 Å². The smallest absolute Gasteiger partial charge is 0.230 e. The normalized spacial score (nSPS) is 18.5. The van der Waals surface area contributed by atoms with Crippen molar-refractivity contribution >= 4 is 18.4 Å². The number of aromatic nitrogens is 2. The predicted molar refractivity (Wildman–Crippen MR) is 130 cm³/mol. The van der Waals surface area contributed by atoms with Crippen LogP contribution in [-0.2, 0) is 11.2 Å². The molecule has 2 heterocycles. The zero-order valence-corrected chi connectivity index (χ0v) is 19.4. The average Bonchev–Trinajstić information content (AvgIpc) is 3.25. The second-order valence-electron chi connectivity index (χ2n) is 9.04. The van der Waals surface area contributed by atoms with Crippen molar-refractivity contribution in [2.75, 3.05) is 37.6 Å². The van der Waals surface area contributed by atoms with Gasteiger partial charge < -0.3 is 14.8 Å². The Kier molecular flexibility index (Phi) is 7.33. The first-order valence-electron chi connectivity index (χ1n) is 11.9. The quantitative estimate of drug-likeness (QED) is 0.458. The summed E-state index contributed by atoms with van der Waals surface area (Å²) in [5.74, 6) is 1.52. The Morgan fingerprint density at radius 2 is 1.97 bits per heavy atom. The van der Waals surface area contributed by atoms with E-state index in [0.29, 0.717) is 31.1 Å². The van der Waals surface area contributed by atoms with Gasteiger partial charge in [0, 0.05) is 44.0 Å². The molecule has 33 heavy (non-hydrogen) atoms. The van der Waals surface area contributed by atoms with Gasteiger partial charge in [-0.15, -0.1) is 0 Å². The van der Waals surface area contributed by atoms with Crippen LogP contribution >= 0.6 is 0 Å². The van der Waals surface area contributed by atoms with Crippen LogP contribution in [0.4, 0.5) is 5.82 Å². The SMILES string of the molecule is C=NCCCC[C@@H](C(=O)N1CCN(c2ncnc3c2[C@H](C)CC3)CC1)c1ccc(C#N)cc1. The average molecular weight is 445 g/mol. The Morgan fingerprint density at radius 3 is 2.67 bits per heavy atom. The first-order valence-corrected chi connectivity index (χ1v) is 11.9. The highest BCUT2D eigenvalue weighted by molar-refractivity contribution is 5.84. The number of aryl methyl sites for hydroxylation is 1. The molecule has 1 aliphatic heterocycles. The van der Waals surface area contributed by atoms with E-state index in [4.69, 9.17) is 5.26 Å². The lowest BCUT2D eigenvalue weighted by molar-refractivity contribution is -0.133. The number of anilines is 1. The summed E-state index contributed by atoms with van der Waals surface area (Å²) in [5, 5.41) is 9.12. The monoisotopic (exact) mass is 444 g/mol. The number of carbonyl (C=O) groups excluding carboxylic acids is 1. The molecule has 2 aliphatic rings. The lowest BCUT2D eigenvalue weighted by atomic mass is 9.91. The summed E-state index contributed by atoms with van der Waals surface area (Å²) < 4.78 is 0. The van der Waals surface area contributed by atoms with E-state index in [1.165, 1.54) is 11.3 Å². The topological polar surface area (TPSA) is 85.5 Å². The molecule has 1 aromatic heterocycles. The van der Waals surface area contributed by atoms with Gasteiger partial charge in [0.15, 0.2) is 0 Å². The fourth-order valence-corrected chi connectivity index (χ4v) is 5.03. The zero-order chi connectivity index (χ0) is 23.2. The van der Waals surface area contributed by atoms with E-state index < -0.39 is 0 Å². The van der Waals surface area contributed by atoms with Crippen LogP contribution in [0.25, 0.3) is 0 Å². The van der Waals surface area contributed by atoms with E-state index in [-0.39, 0.29) is 11.8 Å². The predicted octanol–water partition coefficient (Wildman–Crippen LogP) is 3.70. The number of fused-ring (bicyclic) bond motifs is 1. The molecule has 0 unspecified atom stereocenters. The molecule has 0 N–H and O–H groups in total. The Labute approximate surface area is 196 Å². The summed E-state index contributed by atoms with van der Waals surface area (Å²) in [7, 11) is 0. The van der Waals surface area contributed by atoms with Crippen LogP contribution in [0.3, 0.4) is 0 Å². The number of unbranched alkanes of at least 4 members (excludes halogenated alkanes) is 1. The van der Waals surface area contributed by atoms with Gasteiger partial charge in [-0.05, 0) is 56.0 Å². The van der Waals surface area contributed by atoms with Crippen LogP contribution in [0.2, 0.25) is 0 Å². The molecule has 1 aromatic carbocycles. The van der Waals surface area contributed by atoms with E-state index in [9.17, 15) is 4.79 Å². The molecule has 1 fully saturated rings. The maximum absolute atomic E-state index is 13.6. The van der Waals surface area contributed by atoms with Gasteiger partial charge >= 0.3 is 0 Å². The molecule has 1 saturated heterocycles. The molecule has 0 radical (unpaired) electrons. The first kappa shape index (κ1) is 22.9. The molecular formula is C26H32N6O. The van der Waals surface area contributed by atoms with Crippen LogP contribution < -0.4 is 4.90 Å². The summed E-state index contributed by atoms with van der Waals surface area (Å²) in [5.41, 5.74) is 4.07. The van der Waals surface area contributed by atoms with Crippen molar-refractivity contribution in [3.05, 3.63) is 53.0 Å². The maximum atomic E-state index is 13.6. The van der Waals surface area contributed by atoms with E-state index in [1.807, 2.05) is 17.0 Å². The molecular weight excluding hydrogens is 412 g/mol. The first-order chi connectivity index (χ1) is 16.1. The van der Waals surface area contributed by atoms with Crippen LogP contribution in [0.15, 0.2) is 35.6 Å². The zero-order valence-electron chi connectivity index (χ0n) is 19.4. The number of amides is 1. The molecule has 7 nitrogen and oxygen atoms in total. The number of nitrogens with zero attached hydrogens (tertiary/aromatic N) is 6. The molecule has 7 heteroatoms. The summed E-state index contributed by atoms with van der Waals surface area (Å²) >= 11 is 0. The molecule has 1 aliphatic carbocycles. The molecule has 0 spiro atoms. The third kappa shape index (κ3) is 5.05. The number of piperazine rings is 1. The van der Waals surface area contributed by atoms with E-state index in [1.54, 1.807) is 18.5 Å². The third-order valence-corrected chi connectivity index (χ3v) is 6.94. The van der Waals surface area contributed by atoms with Crippen molar-refractivity contribution in [3.63, 3.8) is 0 Å². The molecule has 2 atom stereocenters. The minimum atomic E-state index is -0.197. The van der Waals surface area contributed by atoms with Crippen molar-refractivity contribution in [1.82, 2.24) is 14.9 Å². The maximum Gasteiger partial charge on any atom is 0.230 e. The van der Waals surface area contributed by atoms with Gasteiger partial charge in [-0.3, -0.25) is 4.79 Å². The van der Waals surface area contributed by atoms with E-state index in [2.05, 4.69) is 39.6 Å². The molecule has 0 saturated carbocycles. The van der Waals surface area contributed by atoms with Crippen LogP contribution in [0, 0.1) is 11.3 Å². The van der Waals surface area contributed by atoms with E-state index in [0.717, 1.165) is 56.6 Å². The van der Waals surface area contributed by atoms with Crippen molar-refractivity contribution in [3.8, 4) is 6.07 Å². The number of nitriles is 1. The Hall–Kier alpha value is -3.27. The fourth-order valence-electron chi connectivity index (χ4n) is 5.03. The Morgan fingerprint density at radius 1 is 1.21 bits per heavy atom. The van der Waals surface area contributed by atoms with Crippen molar-refractivity contribution in [1.29, 1.82) is 5.26 Å². The minimum Gasteiger partial charge on any atom is -0.353 e. The van der Waals surface area contributed by atoms with Crippen LogP contribution in [-0.4, -0.2) is 60.2 Å². The van der Waals surface area contributed by atoms with Crippen LogP contribution in [0.1, 0.15) is 66.8 Å². The number of hydrogen-bond acceptors (Lipinski definition) is 6. The van der Waals surface area contributed by atoms with Crippen molar-refractivity contribution in [2.45, 2.75) is 50.9 Å². The van der Waals surface area contributed by atoms with Gasteiger partial charge in [-0.25, -0.2) is 9.97 Å². The summed E-state index contributed by atoms with van der Waals surface area (Å²) in [6.07, 6.45) is 6.46. The van der Waals surface area contributed by atoms with Crippen molar-refractivity contribution < 1.29 is 4.79 Å². The number of hydrogen-bond donors (Lipinski definition) is 0. The number of rotatable bonds is 8. The number of carbonyl (C=O) groups is 1. The molecule has 4 rings (SSSR count). The second kappa shape index (κ2) is 10.6. The highest BCUT2D eigenvalue weighted by Gasteiger charge is 2.31. The van der Waals surface area contributed by atoms with Crippen molar-refractivity contribution in [2.24, 2.45) is 4.99 Å². The Bertz CT molecular complexity index is 1020. The lowest BCUT2D eigenvalue weighted by Crippen LogP contribution is -2.50.